The Morgan fingerprint density at radius 2 is 2.04 bits per heavy atom. The first-order valence-corrected chi connectivity index (χ1v) is 8.63. The number of hydrogen-bond donors (Lipinski definition) is 1. The van der Waals surface area contributed by atoms with Crippen LogP contribution in [0.2, 0.25) is 0 Å². The summed E-state index contributed by atoms with van der Waals surface area (Å²) in [5.41, 5.74) is 0.837. The lowest BCUT2D eigenvalue weighted by molar-refractivity contribution is -0.137. The van der Waals surface area contributed by atoms with Crippen LogP contribution < -0.4 is 10.1 Å². The lowest BCUT2D eigenvalue weighted by Crippen LogP contribution is -2.42. The van der Waals surface area contributed by atoms with Gasteiger partial charge in [-0.3, -0.25) is 9.59 Å². The fraction of sp³-hybridized carbons (Fsp3) is 0.353. The van der Waals surface area contributed by atoms with E-state index in [2.05, 4.69) is 10.3 Å². The Morgan fingerprint density at radius 1 is 1.28 bits per heavy atom. The smallest absolute Gasteiger partial charge is 0.261 e. The van der Waals surface area contributed by atoms with Crippen molar-refractivity contribution < 1.29 is 19.1 Å². The number of ether oxygens (including phenoxy) is 2. The molecule has 0 aliphatic rings. The SMILES string of the molecule is COCCN(CC(=O)Nc1nc(C)cs1)C(=O)COc1ccccc1. The van der Waals surface area contributed by atoms with E-state index in [9.17, 15) is 9.59 Å². The lowest BCUT2D eigenvalue weighted by Gasteiger charge is -2.21. The van der Waals surface area contributed by atoms with E-state index in [1.54, 1.807) is 19.2 Å². The lowest BCUT2D eigenvalue weighted by atomic mass is 10.3. The number of carbonyl (C=O) groups excluding carboxylic acids is 2. The van der Waals surface area contributed by atoms with Crippen LogP contribution in [-0.2, 0) is 14.3 Å². The number of amides is 2. The average molecular weight is 363 g/mol. The topological polar surface area (TPSA) is 80.8 Å². The number of carbonyl (C=O) groups is 2. The van der Waals surface area contributed by atoms with Crippen molar-refractivity contribution in [2.24, 2.45) is 0 Å². The Hall–Kier alpha value is -2.45. The standard InChI is InChI=1S/C17H21N3O4S/c1-13-12-25-17(18-13)19-15(21)10-20(8-9-23-2)16(22)11-24-14-6-4-3-5-7-14/h3-7,12H,8-11H2,1-2H3,(H,18,19,21). The molecule has 0 saturated carbocycles. The molecule has 0 saturated heterocycles. The molecular formula is C17H21N3O4S. The Bertz CT molecular complexity index is 690. The van der Waals surface area contributed by atoms with Gasteiger partial charge in [0.05, 0.1) is 12.3 Å². The summed E-state index contributed by atoms with van der Waals surface area (Å²) in [5, 5.41) is 5.05. The molecule has 0 unspecified atom stereocenters. The van der Waals surface area contributed by atoms with E-state index in [-0.39, 0.29) is 25.0 Å². The second kappa shape index (κ2) is 9.75. The Kier molecular flexibility index (Phi) is 7.36. The van der Waals surface area contributed by atoms with Gasteiger partial charge in [-0.2, -0.15) is 0 Å². The largest absolute Gasteiger partial charge is 0.484 e. The molecule has 7 nitrogen and oxygen atoms in total. The first kappa shape index (κ1) is 18.9. The monoisotopic (exact) mass is 363 g/mol. The first-order chi connectivity index (χ1) is 12.1. The summed E-state index contributed by atoms with van der Waals surface area (Å²) in [6, 6.07) is 9.05. The van der Waals surface area contributed by atoms with Gasteiger partial charge in [0.1, 0.15) is 12.3 Å². The molecule has 2 aromatic rings. The first-order valence-electron chi connectivity index (χ1n) is 7.75. The van der Waals surface area contributed by atoms with Crippen LogP contribution in [0.5, 0.6) is 5.75 Å². The zero-order valence-corrected chi connectivity index (χ0v) is 15.0. The molecule has 134 valence electrons. The van der Waals surface area contributed by atoms with E-state index in [0.717, 1.165) is 5.69 Å². The molecule has 2 amide bonds. The minimum absolute atomic E-state index is 0.0844. The molecule has 0 spiro atoms. The second-order valence-electron chi connectivity index (χ2n) is 5.25. The molecule has 0 bridgehead atoms. The molecule has 1 aromatic carbocycles. The van der Waals surface area contributed by atoms with Crippen LogP contribution in [0.4, 0.5) is 5.13 Å². The van der Waals surface area contributed by atoms with Gasteiger partial charge in [-0.1, -0.05) is 18.2 Å². The molecule has 1 N–H and O–H groups in total. The third kappa shape index (κ3) is 6.52. The van der Waals surface area contributed by atoms with Crippen LogP contribution in [0.25, 0.3) is 0 Å². The van der Waals surface area contributed by atoms with Crippen molar-refractivity contribution in [3.8, 4) is 5.75 Å². The maximum absolute atomic E-state index is 12.4. The fourth-order valence-electron chi connectivity index (χ4n) is 1.99. The van der Waals surface area contributed by atoms with E-state index < -0.39 is 0 Å². The van der Waals surface area contributed by atoms with Crippen molar-refractivity contribution in [1.82, 2.24) is 9.88 Å². The van der Waals surface area contributed by atoms with Crippen molar-refractivity contribution in [3.05, 3.63) is 41.4 Å². The van der Waals surface area contributed by atoms with Crippen LogP contribution in [0.1, 0.15) is 5.69 Å². The second-order valence-corrected chi connectivity index (χ2v) is 6.11. The minimum atomic E-state index is -0.307. The predicted octanol–water partition coefficient (Wildman–Crippen LogP) is 1.94. The number of anilines is 1. The van der Waals surface area contributed by atoms with Gasteiger partial charge in [-0.15, -0.1) is 11.3 Å². The molecule has 0 radical (unpaired) electrons. The molecule has 0 atom stereocenters. The maximum atomic E-state index is 12.4. The van der Waals surface area contributed by atoms with E-state index in [1.807, 2.05) is 30.5 Å². The highest BCUT2D eigenvalue weighted by molar-refractivity contribution is 7.13. The third-order valence-corrected chi connectivity index (χ3v) is 4.10. The summed E-state index contributed by atoms with van der Waals surface area (Å²) in [4.78, 5) is 30.1. The van der Waals surface area contributed by atoms with Gasteiger partial charge in [0, 0.05) is 19.0 Å². The highest BCUT2D eigenvalue weighted by Crippen LogP contribution is 2.14. The van der Waals surface area contributed by atoms with Crippen LogP contribution in [0.15, 0.2) is 35.7 Å². The quantitative estimate of drug-likeness (QED) is 0.736. The summed E-state index contributed by atoms with van der Waals surface area (Å²) in [6.45, 7) is 2.26. The molecular weight excluding hydrogens is 342 g/mol. The van der Waals surface area contributed by atoms with Gasteiger partial charge in [0.2, 0.25) is 5.91 Å². The van der Waals surface area contributed by atoms with Crippen molar-refractivity contribution in [2.75, 3.05) is 38.7 Å². The van der Waals surface area contributed by atoms with E-state index in [4.69, 9.17) is 9.47 Å². The number of nitrogens with one attached hydrogen (secondary N) is 1. The minimum Gasteiger partial charge on any atom is -0.484 e. The fourth-order valence-corrected chi connectivity index (χ4v) is 2.69. The van der Waals surface area contributed by atoms with Gasteiger partial charge < -0.3 is 19.7 Å². The number of thiazole rings is 1. The van der Waals surface area contributed by atoms with E-state index in [1.165, 1.54) is 16.2 Å². The molecule has 8 heteroatoms. The number of rotatable bonds is 9. The predicted molar refractivity (Wildman–Crippen MR) is 95.9 cm³/mol. The highest BCUT2D eigenvalue weighted by atomic mass is 32.1. The number of benzene rings is 1. The van der Waals surface area contributed by atoms with Gasteiger partial charge >= 0.3 is 0 Å². The highest BCUT2D eigenvalue weighted by Gasteiger charge is 2.18. The van der Waals surface area contributed by atoms with Gasteiger partial charge in [-0.25, -0.2) is 4.98 Å². The average Bonchev–Trinajstić information content (AvgIpc) is 3.02. The number of methoxy groups -OCH3 is 1. The molecule has 2 rings (SSSR count). The van der Waals surface area contributed by atoms with Gasteiger partial charge in [0.25, 0.3) is 5.91 Å². The van der Waals surface area contributed by atoms with Gasteiger partial charge in [-0.05, 0) is 19.1 Å². The number of para-hydroxylation sites is 1. The van der Waals surface area contributed by atoms with Crippen molar-refractivity contribution in [1.29, 1.82) is 0 Å². The van der Waals surface area contributed by atoms with Gasteiger partial charge in [0.15, 0.2) is 11.7 Å². The normalized spacial score (nSPS) is 10.3. The van der Waals surface area contributed by atoms with E-state index in [0.29, 0.717) is 24.0 Å². The summed E-state index contributed by atoms with van der Waals surface area (Å²) < 4.78 is 10.5. The number of hydrogen-bond acceptors (Lipinski definition) is 6. The van der Waals surface area contributed by atoms with E-state index >= 15 is 0 Å². The summed E-state index contributed by atoms with van der Waals surface area (Å²) in [5.74, 6) is 0.00939. The van der Waals surface area contributed by atoms with Crippen LogP contribution in [-0.4, -0.2) is 55.1 Å². The van der Waals surface area contributed by atoms with Crippen LogP contribution in [0.3, 0.4) is 0 Å². The number of aromatic nitrogens is 1. The number of aryl methyl sites for hydroxylation is 1. The molecule has 0 aliphatic carbocycles. The van der Waals surface area contributed by atoms with Crippen molar-refractivity contribution in [2.45, 2.75) is 6.92 Å². The molecule has 0 aliphatic heterocycles. The zero-order chi connectivity index (χ0) is 18.1. The Labute approximate surface area is 150 Å². The third-order valence-electron chi connectivity index (χ3n) is 3.22. The zero-order valence-electron chi connectivity index (χ0n) is 14.2. The summed E-state index contributed by atoms with van der Waals surface area (Å²) >= 11 is 1.34. The summed E-state index contributed by atoms with van der Waals surface area (Å²) in [7, 11) is 1.54. The maximum Gasteiger partial charge on any atom is 0.261 e. The molecule has 1 aromatic heterocycles. The molecule has 0 fully saturated rings. The molecule has 1 heterocycles. The van der Waals surface area contributed by atoms with Crippen molar-refractivity contribution >= 4 is 28.3 Å². The Balaban J connectivity index is 1.89. The summed E-state index contributed by atoms with van der Waals surface area (Å²) in [6.07, 6.45) is 0. The molecule has 25 heavy (non-hydrogen) atoms. The number of nitrogens with zero attached hydrogens (tertiary/aromatic N) is 2. The van der Waals surface area contributed by atoms with Crippen molar-refractivity contribution in [3.63, 3.8) is 0 Å². The Morgan fingerprint density at radius 3 is 2.68 bits per heavy atom. The van der Waals surface area contributed by atoms with Crippen LogP contribution >= 0.6 is 11.3 Å². The van der Waals surface area contributed by atoms with Crippen LogP contribution in [0, 0.1) is 6.92 Å².